The first-order chi connectivity index (χ1) is 19.0. The van der Waals surface area contributed by atoms with Crippen molar-refractivity contribution in [3.8, 4) is 0 Å². The molecule has 0 heterocycles. The minimum absolute atomic E-state index is 0.0350. The first-order valence-electron chi connectivity index (χ1n) is 13.5. The highest BCUT2D eigenvalue weighted by Gasteiger charge is 2.32. The summed E-state index contributed by atoms with van der Waals surface area (Å²) in [4.78, 5) is 27.8. The highest BCUT2D eigenvalue weighted by atomic mass is 31.1. The Morgan fingerprint density at radius 3 is 1.32 bits per heavy atom. The molecule has 0 bridgehead atoms. The van der Waals surface area contributed by atoms with Crippen molar-refractivity contribution in [1.29, 1.82) is 0 Å². The van der Waals surface area contributed by atoms with E-state index < -0.39 is 7.92 Å². The van der Waals surface area contributed by atoms with Crippen molar-refractivity contribution in [2.24, 2.45) is 0 Å². The SMILES string of the molecule is C=Cc1ccc(CP(C(=O)c2c(C)cc(C)cc2C)C(=O)c2c(C)cc(C)cc2C)cc1.C=Cc1ccccc1. The van der Waals surface area contributed by atoms with Crippen LogP contribution in [0.1, 0.15) is 70.8 Å². The molecular weight excluding hydrogens is 507 g/mol. The Morgan fingerprint density at radius 2 is 0.975 bits per heavy atom. The van der Waals surface area contributed by atoms with Crippen LogP contribution < -0.4 is 0 Å². The number of benzene rings is 4. The third-order valence-electron chi connectivity index (χ3n) is 6.86. The summed E-state index contributed by atoms with van der Waals surface area (Å²) in [5, 5.41) is 0. The fourth-order valence-electron chi connectivity index (χ4n) is 5.07. The van der Waals surface area contributed by atoms with Crippen LogP contribution in [-0.4, -0.2) is 11.0 Å². The third-order valence-corrected chi connectivity index (χ3v) is 8.97. The van der Waals surface area contributed by atoms with Gasteiger partial charge in [0.25, 0.3) is 0 Å². The molecule has 204 valence electrons. The van der Waals surface area contributed by atoms with Crippen molar-refractivity contribution >= 4 is 31.1 Å². The molecule has 0 unspecified atom stereocenters. The van der Waals surface area contributed by atoms with Gasteiger partial charge in [-0.15, -0.1) is 0 Å². The monoisotopic (exact) mass is 546 g/mol. The summed E-state index contributed by atoms with van der Waals surface area (Å²) in [6.45, 7) is 19.4. The van der Waals surface area contributed by atoms with Gasteiger partial charge >= 0.3 is 0 Å². The lowest BCUT2D eigenvalue weighted by molar-refractivity contribution is 0.105. The minimum Gasteiger partial charge on any atom is -0.289 e. The van der Waals surface area contributed by atoms with Gasteiger partial charge in [-0.3, -0.25) is 9.59 Å². The normalized spacial score (nSPS) is 10.5. The first-order valence-corrected chi connectivity index (χ1v) is 15.0. The van der Waals surface area contributed by atoms with Crippen LogP contribution in [0.3, 0.4) is 0 Å². The van der Waals surface area contributed by atoms with E-state index >= 15 is 0 Å². The lowest BCUT2D eigenvalue weighted by Gasteiger charge is -2.21. The van der Waals surface area contributed by atoms with Crippen LogP contribution >= 0.6 is 7.92 Å². The quantitative estimate of drug-likeness (QED) is 0.206. The average Bonchev–Trinajstić information content (AvgIpc) is 2.91. The van der Waals surface area contributed by atoms with Gasteiger partial charge in [-0.05, 0) is 80.5 Å². The second-order valence-electron chi connectivity index (χ2n) is 10.3. The minimum atomic E-state index is -1.61. The van der Waals surface area contributed by atoms with Gasteiger partial charge in [0.15, 0.2) is 11.0 Å². The number of carbonyl (C=O) groups is 2. The fraction of sp³-hybridized carbons (Fsp3) is 0.189. The molecule has 0 spiro atoms. The molecule has 4 aromatic rings. The highest BCUT2D eigenvalue weighted by molar-refractivity contribution is 7.89. The summed E-state index contributed by atoms with van der Waals surface area (Å²) in [7, 11) is -1.61. The summed E-state index contributed by atoms with van der Waals surface area (Å²) in [6, 6.07) is 26.1. The molecule has 0 fully saturated rings. The summed E-state index contributed by atoms with van der Waals surface area (Å²) in [5.74, 6) is 0. The van der Waals surface area contributed by atoms with Crippen molar-refractivity contribution in [2.75, 3.05) is 0 Å². The van der Waals surface area contributed by atoms with Crippen molar-refractivity contribution in [1.82, 2.24) is 0 Å². The van der Waals surface area contributed by atoms with E-state index in [1.165, 1.54) is 5.56 Å². The second kappa shape index (κ2) is 14.0. The molecule has 0 amide bonds. The van der Waals surface area contributed by atoms with E-state index in [0.29, 0.717) is 17.3 Å². The topological polar surface area (TPSA) is 34.1 Å². The van der Waals surface area contributed by atoms with Crippen molar-refractivity contribution < 1.29 is 9.59 Å². The van der Waals surface area contributed by atoms with Gasteiger partial charge in [0, 0.05) is 25.2 Å². The molecule has 0 aliphatic rings. The van der Waals surface area contributed by atoms with E-state index in [1.807, 2.05) is 126 Å². The molecule has 40 heavy (non-hydrogen) atoms. The largest absolute Gasteiger partial charge is 0.289 e. The maximum absolute atomic E-state index is 13.9. The lowest BCUT2D eigenvalue weighted by atomic mass is 10.0. The Morgan fingerprint density at radius 1 is 0.600 bits per heavy atom. The Balaban J connectivity index is 0.000000472. The molecule has 0 N–H and O–H groups in total. The van der Waals surface area contributed by atoms with E-state index in [0.717, 1.165) is 44.5 Å². The fourth-order valence-corrected chi connectivity index (χ4v) is 7.36. The average molecular weight is 547 g/mol. The van der Waals surface area contributed by atoms with Crippen LogP contribution in [0.25, 0.3) is 12.2 Å². The zero-order chi connectivity index (χ0) is 29.4. The first kappa shape index (κ1) is 30.7. The van der Waals surface area contributed by atoms with Gasteiger partial charge < -0.3 is 0 Å². The van der Waals surface area contributed by atoms with Gasteiger partial charge in [-0.2, -0.15) is 0 Å². The smallest absolute Gasteiger partial charge is 0.192 e. The Bertz CT molecular complexity index is 1410. The second-order valence-corrected chi connectivity index (χ2v) is 12.3. The van der Waals surface area contributed by atoms with Crippen molar-refractivity contribution in [3.63, 3.8) is 0 Å². The van der Waals surface area contributed by atoms with Gasteiger partial charge in [0.2, 0.25) is 0 Å². The van der Waals surface area contributed by atoms with Crippen LogP contribution in [0, 0.1) is 41.5 Å². The highest BCUT2D eigenvalue weighted by Crippen LogP contribution is 2.48. The number of hydrogen-bond donors (Lipinski definition) is 0. The van der Waals surface area contributed by atoms with Gasteiger partial charge in [0.1, 0.15) is 0 Å². The van der Waals surface area contributed by atoms with Crippen molar-refractivity contribution in [3.05, 3.63) is 153 Å². The molecule has 2 nitrogen and oxygen atoms in total. The molecule has 0 saturated carbocycles. The van der Waals surface area contributed by atoms with Gasteiger partial charge in [-0.25, -0.2) is 0 Å². The van der Waals surface area contributed by atoms with Crippen LogP contribution in [0.5, 0.6) is 0 Å². The van der Waals surface area contributed by atoms with Crippen LogP contribution in [0.15, 0.2) is 92.0 Å². The summed E-state index contributed by atoms with van der Waals surface area (Å²) >= 11 is 0. The number of carbonyl (C=O) groups excluding carboxylic acids is 2. The maximum atomic E-state index is 13.9. The predicted molar refractivity (Wildman–Crippen MR) is 174 cm³/mol. The van der Waals surface area contributed by atoms with E-state index in [-0.39, 0.29) is 11.0 Å². The van der Waals surface area contributed by atoms with E-state index in [2.05, 4.69) is 13.2 Å². The molecule has 3 heteroatoms. The number of rotatable bonds is 8. The Hall–Kier alpha value is -3.87. The molecule has 4 rings (SSSR count). The van der Waals surface area contributed by atoms with Crippen molar-refractivity contribution in [2.45, 2.75) is 47.7 Å². The van der Waals surface area contributed by atoms with E-state index in [1.54, 1.807) is 6.08 Å². The Labute approximate surface area is 241 Å². The van der Waals surface area contributed by atoms with Crippen LogP contribution in [0.2, 0.25) is 0 Å². The van der Waals surface area contributed by atoms with Crippen LogP contribution in [-0.2, 0) is 6.16 Å². The molecule has 0 atom stereocenters. The summed E-state index contributed by atoms with van der Waals surface area (Å²) < 4.78 is 0. The van der Waals surface area contributed by atoms with E-state index in [4.69, 9.17) is 0 Å². The molecule has 0 aromatic heterocycles. The standard InChI is InChI=1S/C29H31O2P.C8H8/c1-8-24-9-11-25(12-10-24)17-32(28(30)26-20(4)13-18(2)14-21(26)5)29(31)27-22(6)15-19(3)16-23(27)7;1-2-8-6-4-3-5-7-8/h8-16H,1,17H2,2-7H3;2-7H,1H2. The number of hydrogen-bond acceptors (Lipinski definition) is 2. The predicted octanol–water partition coefficient (Wildman–Crippen LogP) is 10.2. The molecular formula is C37H39O2P. The molecule has 0 aliphatic heterocycles. The zero-order valence-electron chi connectivity index (χ0n) is 24.5. The van der Waals surface area contributed by atoms with E-state index in [9.17, 15) is 9.59 Å². The molecule has 0 aliphatic carbocycles. The van der Waals surface area contributed by atoms with Gasteiger partial charge in [0.05, 0.1) is 0 Å². The molecule has 0 saturated heterocycles. The third kappa shape index (κ3) is 7.62. The van der Waals surface area contributed by atoms with Crippen LogP contribution in [0.4, 0.5) is 0 Å². The molecule has 0 radical (unpaired) electrons. The lowest BCUT2D eigenvalue weighted by Crippen LogP contribution is -2.13. The maximum Gasteiger partial charge on any atom is 0.192 e. The summed E-state index contributed by atoms with van der Waals surface area (Å²) in [6.07, 6.45) is 4.06. The van der Waals surface area contributed by atoms with Gasteiger partial charge in [-0.1, -0.05) is 115 Å². The zero-order valence-corrected chi connectivity index (χ0v) is 25.4. The number of aryl methyl sites for hydroxylation is 6. The summed E-state index contributed by atoms with van der Waals surface area (Å²) in [5.41, 5.74) is 10.5. The Kier molecular flexibility index (Phi) is 10.7. The molecule has 4 aromatic carbocycles.